The molecule has 45 heavy (non-hydrogen) atoms. The zero-order valence-electron chi connectivity index (χ0n) is 24.8. The molecule has 0 fully saturated rings. The smallest absolute Gasteiger partial charge is 0.331 e. The third-order valence-electron chi connectivity index (χ3n) is 9.06. The van der Waals surface area contributed by atoms with Crippen molar-refractivity contribution in [3.63, 3.8) is 0 Å². The number of hydrogen-bond donors (Lipinski definition) is 1. The summed E-state index contributed by atoms with van der Waals surface area (Å²) in [5.41, 5.74) is 3.11. The van der Waals surface area contributed by atoms with Gasteiger partial charge in [-0.25, -0.2) is 0 Å². The molecule has 0 amide bonds. The van der Waals surface area contributed by atoms with Gasteiger partial charge in [-0.05, 0) is 40.5 Å². The molecule has 0 aliphatic heterocycles. The van der Waals surface area contributed by atoms with Gasteiger partial charge in [0.2, 0.25) is 3.42 Å². The van der Waals surface area contributed by atoms with E-state index in [0.717, 1.165) is 22.3 Å². The molecule has 1 aliphatic carbocycles. The molecule has 6 aromatic carbocycles. The molecule has 1 aliphatic rings. The highest BCUT2D eigenvalue weighted by atomic mass is 127. The van der Waals surface area contributed by atoms with E-state index in [2.05, 4.69) is 182 Å². The Morgan fingerprint density at radius 2 is 0.822 bits per heavy atom. The summed E-state index contributed by atoms with van der Waals surface area (Å²) >= 11 is -0.789. The second kappa shape index (κ2) is 13.0. The van der Waals surface area contributed by atoms with Gasteiger partial charge in [0.1, 0.15) is 11.0 Å². The fourth-order valence-corrected chi connectivity index (χ4v) is 11.6. The Bertz CT molecular complexity index is 1790. The van der Waals surface area contributed by atoms with Crippen LogP contribution in [0.15, 0.2) is 194 Å². The molecule has 0 radical (unpaired) electrons. The monoisotopic (exact) mass is 700 g/mol. The number of halogens is 2. The van der Waals surface area contributed by atoms with Crippen LogP contribution >= 0.6 is 0 Å². The summed E-state index contributed by atoms with van der Waals surface area (Å²) in [4.78, 5) is 0. The van der Waals surface area contributed by atoms with Crippen LogP contribution in [0.25, 0.3) is 0 Å². The highest BCUT2D eigenvalue weighted by Crippen LogP contribution is 2.63. The van der Waals surface area contributed by atoms with Gasteiger partial charge in [0.25, 0.3) is 0 Å². The van der Waals surface area contributed by atoms with E-state index in [1.165, 1.54) is 9.13 Å². The minimum absolute atomic E-state index is 0. The van der Waals surface area contributed by atoms with Crippen LogP contribution < -0.4 is 25.9 Å². The van der Waals surface area contributed by atoms with E-state index in [1.54, 1.807) is 0 Å². The molecule has 0 bridgehead atoms. The van der Waals surface area contributed by atoms with Gasteiger partial charge in [0.05, 0.1) is 0 Å². The lowest BCUT2D eigenvalue weighted by Gasteiger charge is -2.58. The lowest BCUT2D eigenvalue weighted by molar-refractivity contribution is -0.714. The minimum atomic E-state index is -1.38. The third kappa shape index (κ3) is 4.95. The molecule has 3 heteroatoms. The maximum absolute atomic E-state index is 14.3. The molecule has 0 aromatic heterocycles. The average molecular weight is 701 g/mol. The summed E-state index contributed by atoms with van der Waals surface area (Å²) in [6.07, 6.45) is 4.78. The van der Waals surface area contributed by atoms with Crippen LogP contribution in [-0.4, -0.2) is 5.11 Å². The number of alkyl halides is 1. The van der Waals surface area contributed by atoms with Crippen molar-refractivity contribution in [2.45, 2.75) is 20.4 Å². The zero-order chi connectivity index (χ0) is 29.9. The Morgan fingerprint density at radius 3 is 1.29 bits per heavy atom. The average Bonchev–Trinajstić information content (AvgIpc) is 3.11. The van der Waals surface area contributed by atoms with Crippen molar-refractivity contribution in [3.8, 4) is 0 Å². The second-order valence-corrected chi connectivity index (χ2v) is 14.8. The molecular formula is C42H34FIO. The minimum Gasteiger partial charge on any atom is -1.00 e. The highest BCUT2D eigenvalue weighted by molar-refractivity contribution is 5.59. The van der Waals surface area contributed by atoms with E-state index in [-0.39, 0.29) is 10.6 Å². The fraction of sp³-hybridized carbons (Fsp3) is 0.0952. The largest absolute Gasteiger partial charge is 1.00 e. The normalized spacial score (nSPS) is 21.8. The van der Waals surface area contributed by atoms with Crippen LogP contribution in [0, 0.1) is 3.57 Å². The van der Waals surface area contributed by atoms with Crippen LogP contribution in [0.5, 0.6) is 0 Å². The molecular weight excluding hydrogens is 666 g/mol. The van der Waals surface area contributed by atoms with Crippen molar-refractivity contribution in [1.82, 2.24) is 0 Å². The van der Waals surface area contributed by atoms with E-state index in [9.17, 15) is 5.11 Å². The quantitative estimate of drug-likeness (QED) is 0.154. The van der Waals surface area contributed by atoms with Gasteiger partial charge >= 0.3 is 21.2 Å². The molecule has 0 heterocycles. The molecule has 0 saturated carbocycles. The number of hydrogen-bond acceptors (Lipinski definition) is 1. The van der Waals surface area contributed by atoms with Crippen molar-refractivity contribution in [3.05, 3.63) is 226 Å². The second-order valence-electron chi connectivity index (χ2n) is 11.3. The van der Waals surface area contributed by atoms with Crippen LogP contribution in [0.3, 0.4) is 0 Å². The maximum Gasteiger partial charge on any atom is 0.331 e. The number of aliphatic hydroxyl groups is 1. The molecule has 6 aromatic rings. The van der Waals surface area contributed by atoms with Gasteiger partial charge in [-0.3, -0.25) is 0 Å². The van der Waals surface area contributed by atoms with Crippen molar-refractivity contribution in [2.75, 3.05) is 0 Å². The van der Waals surface area contributed by atoms with Crippen molar-refractivity contribution in [1.29, 1.82) is 0 Å². The first-order chi connectivity index (χ1) is 21.7. The van der Waals surface area contributed by atoms with Gasteiger partial charge in [-0.2, -0.15) is 0 Å². The van der Waals surface area contributed by atoms with Crippen LogP contribution in [0.4, 0.5) is 0 Å². The summed E-state index contributed by atoms with van der Waals surface area (Å²) in [6, 6.07) is 64.3. The molecule has 1 nitrogen and oxygen atoms in total. The molecule has 7 rings (SSSR count). The summed E-state index contributed by atoms with van der Waals surface area (Å²) in [7, 11) is 0. The molecule has 1 N–H and O–H groups in total. The van der Waals surface area contributed by atoms with Crippen LogP contribution in [-0.2, 0) is 14.4 Å². The van der Waals surface area contributed by atoms with Crippen molar-refractivity contribution >= 4 is 0 Å². The van der Waals surface area contributed by atoms with E-state index >= 15 is 0 Å². The zero-order valence-corrected chi connectivity index (χ0v) is 26.9. The van der Waals surface area contributed by atoms with Crippen LogP contribution in [0.2, 0.25) is 0 Å². The van der Waals surface area contributed by atoms with Gasteiger partial charge in [0.15, 0.2) is 3.57 Å². The summed E-state index contributed by atoms with van der Waals surface area (Å²) < 4.78 is 0.747. The Balaban J connectivity index is 0.00000357. The SMILES string of the molecule is OC1(c2ccccc2)C(c2ccccc2)C=CC([I+]c2ccccc2)(c2ccccc2)C1(c1ccccc1)c1ccccc1.[F-]. The van der Waals surface area contributed by atoms with Gasteiger partial charge in [0, 0.05) is 11.5 Å². The molecule has 3 atom stereocenters. The number of allylic oxidation sites excluding steroid dienone is 1. The number of rotatable bonds is 7. The van der Waals surface area contributed by atoms with Crippen molar-refractivity contribution in [2.24, 2.45) is 0 Å². The molecule has 0 saturated heterocycles. The van der Waals surface area contributed by atoms with Gasteiger partial charge in [-0.15, -0.1) is 0 Å². The lowest BCUT2D eigenvalue weighted by atomic mass is 9.47. The molecule has 0 spiro atoms. The highest BCUT2D eigenvalue weighted by Gasteiger charge is 2.75. The lowest BCUT2D eigenvalue weighted by Crippen LogP contribution is -3.68. The Hall–Kier alpha value is -4.32. The van der Waals surface area contributed by atoms with E-state index in [4.69, 9.17) is 0 Å². The number of benzene rings is 6. The standard InChI is InChI=1S/C42H34IO.FH/c44-42(37-27-15-5-16-28-37)39(33-19-7-1-8-20-33)31-32-40(34-21-9-2-10-22-34,43-38-29-17-6-18-30-38)41(42,35-23-11-3-12-24-35)36-25-13-4-14-26-36;/h1-32,39,44H;1H/q+1;/p-1. The predicted octanol–water partition coefficient (Wildman–Crippen LogP) is 3.07. The first-order valence-electron chi connectivity index (χ1n) is 15.1. The summed E-state index contributed by atoms with van der Waals surface area (Å²) in [5, 5.41) is 14.3. The topological polar surface area (TPSA) is 20.2 Å². The van der Waals surface area contributed by atoms with Gasteiger partial charge < -0.3 is 9.81 Å². The first kappa shape index (κ1) is 30.7. The molecule has 3 unspecified atom stereocenters. The fourth-order valence-electron chi connectivity index (χ4n) is 7.31. The third-order valence-corrected chi connectivity index (χ3v) is 13.0. The van der Waals surface area contributed by atoms with Crippen molar-refractivity contribution < 1.29 is 31.0 Å². The summed E-state index contributed by atoms with van der Waals surface area (Å²) in [5.74, 6) is -0.317. The maximum atomic E-state index is 14.3. The Morgan fingerprint density at radius 1 is 0.444 bits per heavy atom. The molecule has 222 valence electrons. The Labute approximate surface area is 275 Å². The predicted molar refractivity (Wildman–Crippen MR) is 176 cm³/mol. The van der Waals surface area contributed by atoms with E-state index < -0.39 is 35.6 Å². The van der Waals surface area contributed by atoms with E-state index in [1.807, 2.05) is 12.1 Å². The van der Waals surface area contributed by atoms with Gasteiger partial charge in [-0.1, -0.05) is 176 Å². The first-order valence-corrected chi connectivity index (χ1v) is 17.3. The summed E-state index contributed by atoms with van der Waals surface area (Å²) in [6.45, 7) is 0. The Kier molecular flexibility index (Phi) is 8.84. The van der Waals surface area contributed by atoms with Crippen LogP contribution in [0.1, 0.15) is 33.7 Å². The van der Waals surface area contributed by atoms with E-state index in [0.29, 0.717) is 0 Å².